The monoisotopic (exact) mass is 313 g/mol. The van der Waals surface area contributed by atoms with Crippen LogP contribution in [0.15, 0.2) is 0 Å². The third-order valence-corrected chi connectivity index (χ3v) is 3.63. The van der Waals surface area contributed by atoms with Gasteiger partial charge >= 0.3 is 12.1 Å². The van der Waals surface area contributed by atoms with Gasteiger partial charge in [0.05, 0.1) is 57.8 Å². The molecule has 3 heterocycles. The Labute approximate surface area is 127 Å². The molecule has 0 radical (unpaired) electrons. The third-order valence-electron chi connectivity index (χ3n) is 3.63. The SMILES string of the molecule is CN(CC1CO1)C(=O)N(CC1CO1)C(=O)N(C=O)CC1CO1. The van der Waals surface area contributed by atoms with Crippen molar-refractivity contribution in [1.82, 2.24) is 14.7 Å². The van der Waals surface area contributed by atoms with Crippen LogP contribution in [0.1, 0.15) is 0 Å². The molecule has 3 unspecified atom stereocenters. The van der Waals surface area contributed by atoms with Crippen molar-refractivity contribution in [3.8, 4) is 0 Å². The third kappa shape index (κ3) is 3.93. The van der Waals surface area contributed by atoms with E-state index in [1.165, 1.54) is 4.90 Å². The molecule has 0 bridgehead atoms. The molecule has 3 fully saturated rings. The highest BCUT2D eigenvalue weighted by molar-refractivity contribution is 5.97. The lowest BCUT2D eigenvalue weighted by atomic mass is 10.4. The summed E-state index contributed by atoms with van der Waals surface area (Å²) in [5, 5.41) is 0. The zero-order valence-electron chi connectivity index (χ0n) is 12.3. The fourth-order valence-electron chi connectivity index (χ4n) is 2.09. The van der Waals surface area contributed by atoms with E-state index in [0.717, 1.165) is 9.80 Å². The first-order valence-electron chi connectivity index (χ1n) is 7.22. The molecule has 9 heteroatoms. The molecule has 5 amide bonds. The Balaban J connectivity index is 1.64. The number of carbonyl (C=O) groups is 3. The minimum Gasteiger partial charge on any atom is -0.371 e. The van der Waals surface area contributed by atoms with Gasteiger partial charge in [-0.3, -0.25) is 9.69 Å². The summed E-state index contributed by atoms with van der Waals surface area (Å²) in [4.78, 5) is 39.5. The number of hydrogen-bond donors (Lipinski definition) is 0. The summed E-state index contributed by atoms with van der Waals surface area (Å²) in [6.45, 7) is 2.38. The second-order valence-corrected chi connectivity index (χ2v) is 5.68. The number of rotatable bonds is 7. The van der Waals surface area contributed by atoms with Gasteiger partial charge in [-0.05, 0) is 0 Å². The van der Waals surface area contributed by atoms with Crippen molar-refractivity contribution in [1.29, 1.82) is 0 Å². The van der Waals surface area contributed by atoms with Gasteiger partial charge in [0.1, 0.15) is 0 Å². The summed E-state index contributed by atoms with van der Waals surface area (Å²) >= 11 is 0. The van der Waals surface area contributed by atoms with E-state index >= 15 is 0 Å². The van der Waals surface area contributed by atoms with Gasteiger partial charge in [0.25, 0.3) is 0 Å². The zero-order valence-corrected chi connectivity index (χ0v) is 12.3. The average Bonchev–Trinajstić information content (AvgIpc) is 3.36. The van der Waals surface area contributed by atoms with Crippen LogP contribution in [0.4, 0.5) is 9.59 Å². The van der Waals surface area contributed by atoms with Crippen LogP contribution >= 0.6 is 0 Å². The molecule has 0 aromatic rings. The second kappa shape index (κ2) is 6.19. The van der Waals surface area contributed by atoms with Crippen molar-refractivity contribution >= 4 is 18.5 Å². The number of urea groups is 2. The number of likely N-dealkylation sites (N-methyl/N-ethyl adjacent to an activating group) is 1. The molecule has 3 aliphatic rings. The van der Waals surface area contributed by atoms with Crippen LogP contribution in [0.5, 0.6) is 0 Å². The molecule has 0 N–H and O–H groups in total. The molecular formula is C13H19N3O6. The van der Waals surface area contributed by atoms with E-state index < -0.39 is 12.1 Å². The number of hydrogen-bond acceptors (Lipinski definition) is 6. The molecule has 0 aromatic carbocycles. The predicted molar refractivity (Wildman–Crippen MR) is 72.1 cm³/mol. The normalized spacial score (nSPS) is 27.8. The lowest BCUT2D eigenvalue weighted by molar-refractivity contribution is -0.116. The minimum atomic E-state index is -0.644. The maximum Gasteiger partial charge on any atom is 0.334 e. The molecule has 0 aliphatic carbocycles. The van der Waals surface area contributed by atoms with Crippen LogP contribution in [0.2, 0.25) is 0 Å². The summed E-state index contributed by atoms with van der Waals surface area (Å²) in [5.41, 5.74) is 0. The van der Waals surface area contributed by atoms with E-state index in [0.29, 0.717) is 32.8 Å². The molecule has 0 saturated carbocycles. The Morgan fingerprint density at radius 1 is 0.955 bits per heavy atom. The molecule has 3 aliphatic heterocycles. The summed E-state index contributed by atoms with van der Waals surface area (Å²) < 4.78 is 15.2. The molecule has 3 atom stereocenters. The molecular weight excluding hydrogens is 294 g/mol. The van der Waals surface area contributed by atoms with Gasteiger partial charge in [0, 0.05) is 7.05 Å². The lowest BCUT2D eigenvalue weighted by Crippen LogP contribution is -2.52. The first-order chi connectivity index (χ1) is 10.6. The van der Waals surface area contributed by atoms with Crippen molar-refractivity contribution in [3.63, 3.8) is 0 Å². The van der Waals surface area contributed by atoms with Gasteiger partial charge in [-0.1, -0.05) is 0 Å². The van der Waals surface area contributed by atoms with E-state index in [-0.39, 0.29) is 31.4 Å². The molecule has 122 valence electrons. The maximum absolute atomic E-state index is 12.5. The van der Waals surface area contributed by atoms with Crippen LogP contribution in [0.3, 0.4) is 0 Å². The van der Waals surface area contributed by atoms with E-state index in [1.807, 2.05) is 0 Å². The fourth-order valence-corrected chi connectivity index (χ4v) is 2.09. The van der Waals surface area contributed by atoms with E-state index in [4.69, 9.17) is 14.2 Å². The van der Waals surface area contributed by atoms with Gasteiger partial charge in [0.2, 0.25) is 6.41 Å². The van der Waals surface area contributed by atoms with Crippen molar-refractivity contribution in [2.24, 2.45) is 0 Å². The zero-order chi connectivity index (χ0) is 15.7. The van der Waals surface area contributed by atoms with Crippen molar-refractivity contribution in [2.45, 2.75) is 18.3 Å². The molecule has 0 spiro atoms. The minimum absolute atomic E-state index is 0.0325. The first-order valence-corrected chi connectivity index (χ1v) is 7.22. The Kier molecular flexibility index (Phi) is 4.27. The number of amides is 5. The number of nitrogens with zero attached hydrogens (tertiary/aromatic N) is 3. The van der Waals surface area contributed by atoms with E-state index in [9.17, 15) is 14.4 Å². The maximum atomic E-state index is 12.5. The van der Waals surface area contributed by atoms with Crippen LogP contribution < -0.4 is 0 Å². The highest BCUT2D eigenvalue weighted by Crippen LogP contribution is 2.17. The summed E-state index contributed by atoms with van der Waals surface area (Å²) in [5.74, 6) is 0. The van der Waals surface area contributed by atoms with Gasteiger partial charge < -0.3 is 19.1 Å². The smallest absolute Gasteiger partial charge is 0.334 e. The number of carbonyl (C=O) groups excluding carboxylic acids is 3. The van der Waals surface area contributed by atoms with Crippen LogP contribution in [-0.4, -0.2) is 98.0 Å². The van der Waals surface area contributed by atoms with Gasteiger partial charge in [-0.25, -0.2) is 14.5 Å². The van der Waals surface area contributed by atoms with Gasteiger partial charge in [-0.15, -0.1) is 0 Å². The molecule has 9 nitrogen and oxygen atoms in total. The fraction of sp³-hybridized carbons (Fsp3) is 0.769. The summed E-state index contributed by atoms with van der Waals surface area (Å²) in [7, 11) is 1.60. The second-order valence-electron chi connectivity index (χ2n) is 5.68. The lowest BCUT2D eigenvalue weighted by Gasteiger charge is -2.28. The summed E-state index contributed by atoms with van der Waals surface area (Å²) in [6, 6.07) is -1.10. The Morgan fingerprint density at radius 3 is 1.95 bits per heavy atom. The largest absolute Gasteiger partial charge is 0.371 e. The Bertz CT molecular complexity index is 461. The van der Waals surface area contributed by atoms with Crippen molar-refractivity contribution in [2.75, 3.05) is 46.5 Å². The van der Waals surface area contributed by atoms with Crippen molar-refractivity contribution < 1.29 is 28.6 Å². The van der Waals surface area contributed by atoms with Crippen LogP contribution in [0.25, 0.3) is 0 Å². The molecule has 3 rings (SSSR count). The Hall–Kier alpha value is -1.71. The highest BCUT2D eigenvalue weighted by Gasteiger charge is 2.38. The van der Waals surface area contributed by atoms with Gasteiger partial charge in [0.15, 0.2) is 0 Å². The number of epoxide rings is 3. The predicted octanol–water partition coefficient (Wildman–Crippen LogP) is -0.885. The van der Waals surface area contributed by atoms with E-state index in [2.05, 4.69) is 0 Å². The number of imide groups is 2. The highest BCUT2D eigenvalue weighted by atomic mass is 16.6. The van der Waals surface area contributed by atoms with E-state index in [1.54, 1.807) is 7.05 Å². The quantitative estimate of drug-likeness (QED) is 0.447. The molecule has 22 heavy (non-hydrogen) atoms. The standard InChI is InChI=1S/C13H19N3O6/c1-14(2-9-5-20-9)12(18)16(4-11-7-22-11)13(19)15(8-17)3-10-6-21-10/h8-11H,2-7H2,1H3. The molecule has 0 aromatic heterocycles. The van der Waals surface area contributed by atoms with Gasteiger partial charge in [-0.2, -0.15) is 0 Å². The average molecular weight is 313 g/mol. The topological polar surface area (TPSA) is 98.5 Å². The molecule has 3 saturated heterocycles. The van der Waals surface area contributed by atoms with Crippen LogP contribution in [-0.2, 0) is 19.0 Å². The van der Waals surface area contributed by atoms with Crippen molar-refractivity contribution in [3.05, 3.63) is 0 Å². The first kappa shape index (κ1) is 15.2. The number of ether oxygens (including phenoxy) is 3. The Morgan fingerprint density at radius 2 is 1.45 bits per heavy atom. The van der Waals surface area contributed by atoms with Crippen LogP contribution in [0, 0.1) is 0 Å². The summed E-state index contributed by atoms with van der Waals surface area (Å²) in [6.07, 6.45) is 0.192.